The third-order valence-electron chi connectivity index (χ3n) is 3.55. The Labute approximate surface area is 169 Å². The molecule has 7 heteroatoms. The Balaban J connectivity index is 1.84. The van der Waals surface area contributed by atoms with E-state index in [-0.39, 0.29) is 5.91 Å². The van der Waals surface area contributed by atoms with Crippen LogP contribution in [0.1, 0.15) is 11.1 Å². The van der Waals surface area contributed by atoms with Crippen molar-refractivity contribution in [1.29, 1.82) is 0 Å². The molecule has 1 fully saturated rings. The summed E-state index contributed by atoms with van der Waals surface area (Å²) in [5.41, 5.74) is 1.83. The fourth-order valence-corrected chi connectivity index (χ4v) is 3.87. The number of ether oxygens (including phenoxy) is 1. The Kier molecular flexibility index (Phi) is 5.84. The van der Waals surface area contributed by atoms with Crippen LogP contribution < -0.4 is 4.74 Å². The summed E-state index contributed by atoms with van der Waals surface area (Å²) in [6.45, 7) is 0.411. The molecule has 0 radical (unpaired) electrons. The van der Waals surface area contributed by atoms with Crippen molar-refractivity contribution in [2.24, 2.45) is 0 Å². The lowest BCUT2D eigenvalue weighted by Crippen LogP contribution is -2.22. The maximum atomic E-state index is 12.2. The minimum absolute atomic E-state index is 0.0985. The number of likely N-dealkylation sites (N-methyl/N-ethyl adjacent to an activating group) is 1. The molecule has 0 aromatic heterocycles. The van der Waals surface area contributed by atoms with E-state index >= 15 is 0 Å². The Hall–Kier alpha value is -1.34. The standard InChI is InChI=1S/C18H13BrClNO2S2/c1-21-17(22)16(25-18(21)24)9-12-8-13(19)4-7-15(12)23-10-11-2-5-14(20)6-3-11/h2-9H,10H2,1H3/b16-9-. The lowest BCUT2D eigenvalue weighted by molar-refractivity contribution is -0.121. The molecule has 0 unspecified atom stereocenters. The predicted molar refractivity (Wildman–Crippen MR) is 111 cm³/mol. The number of carbonyl (C=O) groups is 1. The number of nitrogens with zero attached hydrogens (tertiary/aromatic N) is 1. The van der Waals surface area contributed by atoms with Crippen LogP contribution in [-0.4, -0.2) is 22.2 Å². The number of thioether (sulfide) groups is 1. The Morgan fingerprint density at radius 2 is 2.00 bits per heavy atom. The number of halogens is 2. The summed E-state index contributed by atoms with van der Waals surface area (Å²) >= 11 is 15.8. The van der Waals surface area contributed by atoms with Crippen LogP contribution >= 0.6 is 51.5 Å². The summed E-state index contributed by atoms with van der Waals surface area (Å²) in [5, 5.41) is 0.690. The smallest absolute Gasteiger partial charge is 0.265 e. The van der Waals surface area contributed by atoms with E-state index in [1.165, 1.54) is 16.7 Å². The highest BCUT2D eigenvalue weighted by molar-refractivity contribution is 9.10. The molecule has 2 aromatic carbocycles. The monoisotopic (exact) mass is 453 g/mol. The fraction of sp³-hybridized carbons (Fsp3) is 0.111. The van der Waals surface area contributed by atoms with Crippen molar-refractivity contribution in [2.75, 3.05) is 7.05 Å². The molecular formula is C18H13BrClNO2S2. The van der Waals surface area contributed by atoms with Crippen molar-refractivity contribution in [3.05, 3.63) is 68.0 Å². The van der Waals surface area contributed by atoms with E-state index < -0.39 is 0 Å². The van der Waals surface area contributed by atoms with Crippen LogP contribution in [-0.2, 0) is 11.4 Å². The molecule has 1 aliphatic heterocycles. The van der Waals surface area contributed by atoms with Crippen LogP contribution in [0, 0.1) is 0 Å². The summed E-state index contributed by atoms with van der Waals surface area (Å²) in [6.07, 6.45) is 1.81. The normalized spacial score (nSPS) is 16.0. The molecule has 0 aliphatic carbocycles. The average Bonchev–Trinajstić information content (AvgIpc) is 2.83. The van der Waals surface area contributed by atoms with E-state index in [1.54, 1.807) is 7.05 Å². The third kappa shape index (κ3) is 4.44. The molecule has 25 heavy (non-hydrogen) atoms. The first-order chi connectivity index (χ1) is 11.9. The molecule has 1 amide bonds. The first-order valence-electron chi connectivity index (χ1n) is 7.32. The van der Waals surface area contributed by atoms with Gasteiger partial charge in [-0.25, -0.2) is 0 Å². The van der Waals surface area contributed by atoms with Gasteiger partial charge in [-0.05, 0) is 42.0 Å². The number of amides is 1. The van der Waals surface area contributed by atoms with Crippen LogP contribution in [0.2, 0.25) is 5.02 Å². The van der Waals surface area contributed by atoms with Crippen LogP contribution in [0.15, 0.2) is 51.8 Å². The first kappa shape index (κ1) is 18.5. The maximum Gasteiger partial charge on any atom is 0.265 e. The van der Waals surface area contributed by atoms with E-state index in [1.807, 2.05) is 48.5 Å². The maximum absolute atomic E-state index is 12.2. The van der Waals surface area contributed by atoms with Crippen molar-refractivity contribution < 1.29 is 9.53 Å². The summed E-state index contributed by atoms with van der Waals surface area (Å²) < 4.78 is 7.40. The molecule has 0 saturated carbocycles. The van der Waals surface area contributed by atoms with Gasteiger partial charge in [0.15, 0.2) is 0 Å². The van der Waals surface area contributed by atoms with E-state index in [0.29, 0.717) is 26.6 Å². The van der Waals surface area contributed by atoms with Gasteiger partial charge in [-0.2, -0.15) is 0 Å². The number of rotatable bonds is 4. The van der Waals surface area contributed by atoms with E-state index in [9.17, 15) is 4.79 Å². The van der Waals surface area contributed by atoms with Gasteiger partial charge in [0.1, 0.15) is 16.7 Å². The van der Waals surface area contributed by atoms with E-state index in [4.69, 9.17) is 28.6 Å². The van der Waals surface area contributed by atoms with Gasteiger partial charge in [-0.3, -0.25) is 9.69 Å². The zero-order valence-electron chi connectivity index (χ0n) is 13.2. The van der Waals surface area contributed by atoms with Gasteiger partial charge in [-0.15, -0.1) is 0 Å². The number of hydrogen-bond donors (Lipinski definition) is 0. The van der Waals surface area contributed by atoms with Crippen molar-refractivity contribution >= 4 is 67.8 Å². The number of hydrogen-bond acceptors (Lipinski definition) is 4. The molecule has 1 aliphatic rings. The Bertz CT molecular complexity index is 868. The number of benzene rings is 2. The summed E-state index contributed by atoms with van der Waals surface area (Å²) in [5.74, 6) is 0.596. The number of carbonyl (C=O) groups excluding carboxylic acids is 1. The summed E-state index contributed by atoms with van der Waals surface area (Å²) in [4.78, 5) is 14.3. The second-order valence-corrected chi connectivity index (χ2v) is 8.37. The van der Waals surface area contributed by atoms with Crippen molar-refractivity contribution in [3.8, 4) is 5.75 Å². The highest BCUT2D eigenvalue weighted by atomic mass is 79.9. The second kappa shape index (κ2) is 7.91. The quantitative estimate of drug-likeness (QED) is 0.450. The molecule has 0 N–H and O–H groups in total. The fourth-order valence-electron chi connectivity index (χ4n) is 2.19. The highest BCUT2D eigenvalue weighted by Gasteiger charge is 2.28. The van der Waals surface area contributed by atoms with Gasteiger partial charge in [0, 0.05) is 22.1 Å². The van der Waals surface area contributed by atoms with Crippen LogP contribution in [0.3, 0.4) is 0 Å². The minimum atomic E-state index is -0.0985. The van der Waals surface area contributed by atoms with Crippen molar-refractivity contribution in [1.82, 2.24) is 4.90 Å². The lowest BCUT2D eigenvalue weighted by atomic mass is 10.1. The van der Waals surface area contributed by atoms with Gasteiger partial charge in [0.05, 0.1) is 4.91 Å². The largest absolute Gasteiger partial charge is 0.488 e. The van der Waals surface area contributed by atoms with Gasteiger partial charge in [0.25, 0.3) is 5.91 Å². The highest BCUT2D eigenvalue weighted by Crippen LogP contribution is 2.34. The van der Waals surface area contributed by atoms with Crippen molar-refractivity contribution in [3.63, 3.8) is 0 Å². The zero-order valence-corrected chi connectivity index (χ0v) is 17.1. The van der Waals surface area contributed by atoms with Gasteiger partial charge in [-0.1, -0.05) is 63.6 Å². The van der Waals surface area contributed by atoms with Crippen LogP contribution in [0.5, 0.6) is 5.75 Å². The molecule has 0 atom stereocenters. The summed E-state index contributed by atoms with van der Waals surface area (Å²) in [7, 11) is 1.68. The molecule has 1 saturated heterocycles. The molecule has 0 spiro atoms. The predicted octanol–water partition coefficient (Wildman–Crippen LogP) is 5.51. The van der Waals surface area contributed by atoms with Crippen LogP contribution in [0.25, 0.3) is 6.08 Å². The van der Waals surface area contributed by atoms with Crippen LogP contribution in [0.4, 0.5) is 0 Å². The van der Waals surface area contributed by atoms with Crippen molar-refractivity contribution in [2.45, 2.75) is 6.61 Å². The molecular weight excluding hydrogens is 442 g/mol. The molecule has 2 aromatic rings. The summed E-state index contributed by atoms with van der Waals surface area (Å²) in [6, 6.07) is 13.2. The minimum Gasteiger partial charge on any atom is -0.488 e. The molecule has 128 valence electrons. The third-order valence-corrected chi connectivity index (χ3v) is 5.78. The Morgan fingerprint density at radius 3 is 2.64 bits per heavy atom. The SMILES string of the molecule is CN1C(=O)/C(=C/c2cc(Br)ccc2OCc2ccc(Cl)cc2)SC1=S. The molecule has 3 rings (SSSR count). The molecule has 0 bridgehead atoms. The average molecular weight is 455 g/mol. The first-order valence-corrected chi connectivity index (χ1v) is 9.72. The van der Waals surface area contributed by atoms with Gasteiger partial charge >= 0.3 is 0 Å². The van der Waals surface area contributed by atoms with E-state index in [2.05, 4.69) is 15.9 Å². The lowest BCUT2D eigenvalue weighted by Gasteiger charge is -2.10. The van der Waals surface area contributed by atoms with Gasteiger partial charge in [0.2, 0.25) is 0 Å². The second-order valence-electron chi connectivity index (χ2n) is 5.34. The molecule has 1 heterocycles. The zero-order chi connectivity index (χ0) is 18.0. The van der Waals surface area contributed by atoms with E-state index in [0.717, 1.165) is 15.6 Å². The topological polar surface area (TPSA) is 29.5 Å². The van der Waals surface area contributed by atoms with Gasteiger partial charge < -0.3 is 4.74 Å². The molecule has 3 nitrogen and oxygen atoms in total. The number of thiocarbonyl (C=S) groups is 1. The Morgan fingerprint density at radius 1 is 1.28 bits per heavy atom.